The number of rotatable bonds is 4. The van der Waals surface area contributed by atoms with Crippen molar-refractivity contribution in [2.24, 2.45) is 4.99 Å². The van der Waals surface area contributed by atoms with Crippen LogP contribution in [-0.4, -0.2) is 40.5 Å². The molecular formula is C29H32N2O3. The van der Waals surface area contributed by atoms with E-state index in [4.69, 9.17) is 9.73 Å². The average Bonchev–Trinajstić information content (AvgIpc) is 2.83. The normalized spacial score (nSPS) is 18.3. The lowest BCUT2D eigenvalue weighted by Gasteiger charge is -2.40. The molecule has 1 N–H and O–H groups in total. The molecule has 1 saturated heterocycles. The minimum absolute atomic E-state index is 0.212. The third-order valence-electron chi connectivity index (χ3n) is 5.86. The molecule has 34 heavy (non-hydrogen) atoms. The Kier molecular flexibility index (Phi) is 6.85. The molecule has 1 amide bonds. The molecule has 1 heterocycles. The number of hydrogen-bond acceptors (Lipinski definition) is 4. The van der Waals surface area contributed by atoms with Crippen LogP contribution in [-0.2, 0) is 10.3 Å². The van der Waals surface area contributed by atoms with Gasteiger partial charge in [0, 0.05) is 17.7 Å². The van der Waals surface area contributed by atoms with Crippen molar-refractivity contribution in [3.63, 3.8) is 0 Å². The van der Waals surface area contributed by atoms with E-state index in [2.05, 4.69) is 24.3 Å². The highest BCUT2D eigenvalue weighted by Gasteiger charge is 2.38. The molecule has 0 radical (unpaired) electrons. The second-order valence-electron chi connectivity index (χ2n) is 9.78. The topological polar surface area (TPSA) is 62.1 Å². The van der Waals surface area contributed by atoms with Crippen molar-refractivity contribution < 1.29 is 14.6 Å². The molecule has 1 aliphatic heterocycles. The molecule has 0 saturated carbocycles. The molecule has 4 rings (SSSR count). The van der Waals surface area contributed by atoms with Gasteiger partial charge in [0.25, 0.3) is 0 Å². The monoisotopic (exact) mass is 456 g/mol. The maximum absolute atomic E-state index is 12.6. The Balaban J connectivity index is 1.58. The third-order valence-corrected chi connectivity index (χ3v) is 5.86. The molecule has 1 aliphatic rings. The highest BCUT2D eigenvalue weighted by Crippen LogP contribution is 2.33. The Morgan fingerprint density at radius 2 is 1.47 bits per heavy atom. The summed E-state index contributed by atoms with van der Waals surface area (Å²) in [5.74, 6) is 0. The Morgan fingerprint density at radius 3 is 2.00 bits per heavy atom. The number of carbonyl (C=O) groups is 1. The summed E-state index contributed by atoms with van der Waals surface area (Å²) in [7, 11) is 0. The van der Waals surface area contributed by atoms with Crippen LogP contribution in [0, 0.1) is 0 Å². The van der Waals surface area contributed by atoms with Crippen molar-refractivity contribution in [3.8, 4) is 0 Å². The van der Waals surface area contributed by atoms with Crippen molar-refractivity contribution in [1.29, 1.82) is 0 Å². The van der Waals surface area contributed by atoms with E-state index in [1.807, 2.05) is 81.4 Å². The van der Waals surface area contributed by atoms with Gasteiger partial charge in [-0.1, -0.05) is 72.8 Å². The maximum atomic E-state index is 12.6. The van der Waals surface area contributed by atoms with Crippen molar-refractivity contribution in [2.75, 3.05) is 13.1 Å². The Bertz CT molecular complexity index is 1090. The SMILES string of the molecule is CC(C)(C)OC(=O)N1CCCC(O)(c2ccc(N=C(c3ccccc3)c3ccccc3)cc2)C1. The van der Waals surface area contributed by atoms with E-state index in [1.54, 1.807) is 4.90 Å². The highest BCUT2D eigenvalue weighted by atomic mass is 16.6. The molecule has 1 fully saturated rings. The van der Waals surface area contributed by atoms with Crippen LogP contribution in [0.15, 0.2) is 89.9 Å². The van der Waals surface area contributed by atoms with E-state index in [0.29, 0.717) is 19.4 Å². The zero-order valence-electron chi connectivity index (χ0n) is 20.1. The van der Waals surface area contributed by atoms with Crippen LogP contribution in [0.25, 0.3) is 0 Å². The fourth-order valence-electron chi connectivity index (χ4n) is 4.22. The molecule has 5 nitrogen and oxygen atoms in total. The van der Waals surface area contributed by atoms with Crippen LogP contribution >= 0.6 is 0 Å². The van der Waals surface area contributed by atoms with Crippen LogP contribution in [0.1, 0.15) is 50.3 Å². The van der Waals surface area contributed by atoms with E-state index in [-0.39, 0.29) is 12.6 Å². The Morgan fingerprint density at radius 1 is 0.912 bits per heavy atom. The van der Waals surface area contributed by atoms with Gasteiger partial charge in [0.2, 0.25) is 0 Å². The summed E-state index contributed by atoms with van der Waals surface area (Å²) in [5, 5.41) is 11.4. The average molecular weight is 457 g/mol. The molecular weight excluding hydrogens is 424 g/mol. The van der Waals surface area contributed by atoms with E-state index >= 15 is 0 Å². The van der Waals surface area contributed by atoms with Crippen LogP contribution in [0.3, 0.4) is 0 Å². The van der Waals surface area contributed by atoms with Gasteiger partial charge in [0.05, 0.1) is 17.9 Å². The third kappa shape index (κ3) is 5.72. The number of carbonyl (C=O) groups excluding carboxylic acids is 1. The summed E-state index contributed by atoms with van der Waals surface area (Å²) in [6.45, 7) is 6.33. The Hall–Kier alpha value is -3.44. The highest BCUT2D eigenvalue weighted by molar-refractivity contribution is 6.13. The van der Waals surface area contributed by atoms with Gasteiger partial charge in [-0.3, -0.25) is 0 Å². The number of nitrogens with zero attached hydrogens (tertiary/aromatic N) is 2. The van der Waals surface area contributed by atoms with E-state index in [9.17, 15) is 9.90 Å². The number of benzene rings is 3. The van der Waals surface area contributed by atoms with Crippen molar-refractivity contribution in [1.82, 2.24) is 4.90 Å². The predicted molar refractivity (Wildman–Crippen MR) is 136 cm³/mol. The maximum Gasteiger partial charge on any atom is 0.410 e. The summed E-state index contributed by atoms with van der Waals surface area (Å²) in [6, 6.07) is 27.9. The molecule has 176 valence electrons. The number of ether oxygens (including phenoxy) is 1. The number of hydrogen-bond donors (Lipinski definition) is 1. The smallest absolute Gasteiger partial charge is 0.410 e. The molecule has 5 heteroatoms. The second kappa shape index (κ2) is 9.82. The summed E-state index contributed by atoms with van der Waals surface area (Å²) in [4.78, 5) is 19.1. The number of aliphatic hydroxyl groups is 1. The first-order valence-corrected chi connectivity index (χ1v) is 11.7. The first-order valence-electron chi connectivity index (χ1n) is 11.7. The van der Waals surface area contributed by atoms with Gasteiger partial charge in [-0.25, -0.2) is 9.79 Å². The van der Waals surface area contributed by atoms with Gasteiger partial charge in [0.1, 0.15) is 11.2 Å². The van der Waals surface area contributed by atoms with Gasteiger partial charge in [-0.15, -0.1) is 0 Å². The minimum atomic E-state index is -1.11. The van der Waals surface area contributed by atoms with Crippen LogP contribution < -0.4 is 0 Å². The summed E-state index contributed by atoms with van der Waals surface area (Å²) in [5.41, 5.74) is 2.87. The molecule has 0 aromatic heterocycles. The number of likely N-dealkylation sites (tertiary alicyclic amines) is 1. The lowest BCUT2D eigenvalue weighted by molar-refractivity contribution is -0.0465. The van der Waals surface area contributed by atoms with Gasteiger partial charge in [-0.05, 0) is 51.3 Å². The Labute approximate surface area is 201 Å². The lowest BCUT2D eigenvalue weighted by Crippen LogP contribution is -2.49. The minimum Gasteiger partial charge on any atom is -0.444 e. The van der Waals surface area contributed by atoms with Gasteiger partial charge in [0.15, 0.2) is 0 Å². The van der Waals surface area contributed by atoms with Crippen molar-refractivity contribution >= 4 is 17.5 Å². The largest absolute Gasteiger partial charge is 0.444 e. The molecule has 0 bridgehead atoms. The van der Waals surface area contributed by atoms with Crippen LogP contribution in [0.2, 0.25) is 0 Å². The van der Waals surface area contributed by atoms with Crippen LogP contribution in [0.5, 0.6) is 0 Å². The first kappa shape index (κ1) is 23.7. The molecule has 3 aromatic carbocycles. The van der Waals surface area contributed by atoms with E-state index < -0.39 is 11.2 Å². The van der Waals surface area contributed by atoms with Crippen molar-refractivity contribution in [2.45, 2.75) is 44.8 Å². The van der Waals surface area contributed by atoms with Gasteiger partial charge < -0.3 is 14.7 Å². The molecule has 1 atom stereocenters. The van der Waals surface area contributed by atoms with Crippen LogP contribution in [0.4, 0.5) is 10.5 Å². The van der Waals surface area contributed by atoms with E-state index in [0.717, 1.165) is 28.1 Å². The summed E-state index contributed by atoms with van der Waals surface area (Å²) >= 11 is 0. The van der Waals surface area contributed by atoms with Crippen molar-refractivity contribution in [3.05, 3.63) is 102 Å². The quantitative estimate of drug-likeness (QED) is 0.484. The summed E-state index contributed by atoms with van der Waals surface area (Å²) < 4.78 is 5.51. The standard InChI is InChI=1S/C29H32N2O3/c1-28(2,3)34-27(32)31-20-10-19-29(33,21-31)24-15-17-25(18-16-24)30-26(22-11-6-4-7-12-22)23-13-8-5-9-14-23/h4-9,11-18,33H,10,19-21H2,1-3H3. The van der Waals surface area contributed by atoms with E-state index in [1.165, 1.54) is 0 Å². The fraction of sp³-hybridized carbons (Fsp3) is 0.310. The number of β-amino-alcohol motifs (C(OH)–C–C–N with tert-alkyl or cyclic N) is 1. The zero-order valence-corrected chi connectivity index (χ0v) is 20.1. The summed E-state index contributed by atoms with van der Waals surface area (Å²) in [6.07, 6.45) is 0.915. The number of aliphatic imine (C=N–C) groups is 1. The molecule has 3 aromatic rings. The molecule has 0 aliphatic carbocycles. The second-order valence-corrected chi connectivity index (χ2v) is 9.78. The number of piperidine rings is 1. The molecule has 1 unspecified atom stereocenters. The predicted octanol–water partition coefficient (Wildman–Crippen LogP) is 6.07. The number of amides is 1. The fourth-order valence-corrected chi connectivity index (χ4v) is 4.22. The van der Waals surface area contributed by atoms with Gasteiger partial charge >= 0.3 is 6.09 Å². The first-order chi connectivity index (χ1) is 16.2. The van der Waals surface area contributed by atoms with Gasteiger partial charge in [-0.2, -0.15) is 0 Å². The lowest BCUT2D eigenvalue weighted by atomic mass is 9.86. The zero-order chi connectivity index (χ0) is 24.2. The molecule has 0 spiro atoms.